The Balaban J connectivity index is 1.75. The van der Waals surface area contributed by atoms with Crippen molar-refractivity contribution in [2.24, 2.45) is 0 Å². The molecule has 0 radical (unpaired) electrons. The SMILES string of the molecule is Oc1ccc(-c2nc(Nc3cccc(OC(F)(F)F)c3)c3ccccc3n2)cn1. The van der Waals surface area contributed by atoms with Crippen molar-refractivity contribution in [1.29, 1.82) is 0 Å². The van der Waals surface area contributed by atoms with Crippen LogP contribution in [0.4, 0.5) is 24.7 Å². The molecule has 0 saturated heterocycles. The lowest BCUT2D eigenvalue weighted by Gasteiger charge is -2.13. The number of aromatic nitrogens is 3. The quantitative estimate of drug-likeness (QED) is 0.501. The molecule has 29 heavy (non-hydrogen) atoms. The van der Waals surface area contributed by atoms with E-state index in [0.717, 1.165) is 0 Å². The number of fused-ring (bicyclic) bond motifs is 1. The number of nitrogens with one attached hydrogen (secondary N) is 1. The van der Waals surface area contributed by atoms with E-state index in [4.69, 9.17) is 0 Å². The van der Waals surface area contributed by atoms with Gasteiger partial charge in [-0.2, -0.15) is 0 Å². The summed E-state index contributed by atoms with van der Waals surface area (Å²) in [6.45, 7) is 0. The molecule has 0 aliphatic rings. The molecule has 2 heterocycles. The number of rotatable bonds is 4. The van der Waals surface area contributed by atoms with Crippen LogP contribution in [0.3, 0.4) is 0 Å². The molecule has 0 fully saturated rings. The summed E-state index contributed by atoms with van der Waals surface area (Å²) in [7, 11) is 0. The summed E-state index contributed by atoms with van der Waals surface area (Å²) >= 11 is 0. The van der Waals surface area contributed by atoms with Gasteiger partial charge in [-0.1, -0.05) is 18.2 Å². The molecule has 0 atom stereocenters. The van der Waals surface area contributed by atoms with Gasteiger partial charge in [-0.25, -0.2) is 15.0 Å². The number of para-hydroxylation sites is 1. The van der Waals surface area contributed by atoms with Crippen molar-refractivity contribution >= 4 is 22.4 Å². The van der Waals surface area contributed by atoms with E-state index in [9.17, 15) is 18.3 Å². The minimum Gasteiger partial charge on any atom is -0.493 e. The van der Waals surface area contributed by atoms with Gasteiger partial charge in [0.2, 0.25) is 5.88 Å². The molecule has 9 heteroatoms. The Bertz CT molecular complexity index is 1160. The molecular weight excluding hydrogens is 385 g/mol. The van der Waals surface area contributed by atoms with Crippen LogP contribution in [-0.2, 0) is 0 Å². The monoisotopic (exact) mass is 398 g/mol. The second-order valence-electron chi connectivity index (χ2n) is 6.02. The highest BCUT2D eigenvalue weighted by Crippen LogP contribution is 2.30. The maximum atomic E-state index is 12.5. The fraction of sp³-hybridized carbons (Fsp3) is 0.0500. The number of hydrogen-bond donors (Lipinski definition) is 2. The number of halogens is 3. The fourth-order valence-electron chi connectivity index (χ4n) is 2.73. The van der Waals surface area contributed by atoms with Crippen LogP contribution >= 0.6 is 0 Å². The molecule has 146 valence electrons. The van der Waals surface area contributed by atoms with E-state index in [2.05, 4.69) is 25.0 Å². The lowest BCUT2D eigenvalue weighted by molar-refractivity contribution is -0.274. The number of ether oxygens (including phenoxy) is 1. The summed E-state index contributed by atoms with van der Waals surface area (Å²) in [5.41, 5.74) is 1.58. The number of alkyl halides is 3. The van der Waals surface area contributed by atoms with Gasteiger partial charge in [0.25, 0.3) is 0 Å². The largest absolute Gasteiger partial charge is 0.573 e. The van der Waals surface area contributed by atoms with Crippen molar-refractivity contribution in [3.63, 3.8) is 0 Å². The average Bonchev–Trinajstić information content (AvgIpc) is 2.67. The zero-order valence-electron chi connectivity index (χ0n) is 14.7. The van der Waals surface area contributed by atoms with Gasteiger partial charge in [0, 0.05) is 35.0 Å². The van der Waals surface area contributed by atoms with Gasteiger partial charge in [-0.05, 0) is 30.3 Å². The van der Waals surface area contributed by atoms with Gasteiger partial charge in [0.1, 0.15) is 11.6 Å². The predicted octanol–water partition coefficient (Wildman–Crippen LogP) is 5.04. The number of nitrogens with zero attached hydrogens (tertiary/aromatic N) is 3. The molecule has 0 aliphatic carbocycles. The van der Waals surface area contributed by atoms with E-state index < -0.39 is 6.36 Å². The number of anilines is 2. The maximum absolute atomic E-state index is 12.5. The number of hydrogen-bond acceptors (Lipinski definition) is 6. The highest BCUT2D eigenvalue weighted by atomic mass is 19.4. The second kappa shape index (κ2) is 7.27. The Hall–Kier alpha value is -3.88. The van der Waals surface area contributed by atoms with Gasteiger partial charge in [0.05, 0.1) is 5.52 Å². The Labute approximate surface area is 162 Å². The predicted molar refractivity (Wildman–Crippen MR) is 101 cm³/mol. The van der Waals surface area contributed by atoms with Crippen molar-refractivity contribution in [3.05, 3.63) is 66.9 Å². The molecule has 0 bridgehead atoms. The van der Waals surface area contributed by atoms with Crippen LogP contribution in [0, 0.1) is 0 Å². The summed E-state index contributed by atoms with van der Waals surface area (Å²) in [6, 6.07) is 15.7. The number of pyridine rings is 1. The van der Waals surface area contributed by atoms with Crippen LogP contribution in [0.25, 0.3) is 22.3 Å². The molecule has 4 aromatic rings. The van der Waals surface area contributed by atoms with E-state index in [1.807, 2.05) is 12.1 Å². The van der Waals surface area contributed by atoms with Crippen molar-refractivity contribution in [2.75, 3.05) is 5.32 Å². The molecule has 2 N–H and O–H groups in total. The fourth-order valence-corrected chi connectivity index (χ4v) is 2.73. The summed E-state index contributed by atoms with van der Waals surface area (Å²) in [5.74, 6) is 0.280. The minimum atomic E-state index is -4.78. The standard InChI is InChI=1S/C20H13F3N4O2/c21-20(22,23)29-14-5-3-4-13(10-14)25-19-15-6-1-2-7-16(15)26-18(27-19)12-8-9-17(28)24-11-12/h1-11H,(H,24,28)(H,25,26,27). The van der Waals surface area contributed by atoms with E-state index in [1.165, 1.54) is 30.5 Å². The summed E-state index contributed by atoms with van der Waals surface area (Å²) < 4.78 is 41.4. The van der Waals surface area contributed by atoms with E-state index in [0.29, 0.717) is 33.8 Å². The van der Waals surface area contributed by atoms with Crippen LogP contribution in [0.2, 0.25) is 0 Å². The van der Waals surface area contributed by atoms with Crippen LogP contribution in [0.15, 0.2) is 66.9 Å². The lowest BCUT2D eigenvalue weighted by Crippen LogP contribution is -2.17. The first-order valence-corrected chi connectivity index (χ1v) is 8.42. The van der Waals surface area contributed by atoms with Gasteiger partial charge >= 0.3 is 6.36 Å². The Morgan fingerprint density at radius 2 is 1.76 bits per heavy atom. The van der Waals surface area contributed by atoms with Crippen molar-refractivity contribution in [1.82, 2.24) is 15.0 Å². The van der Waals surface area contributed by atoms with Crippen LogP contribution in [0.1, 0.15) is 0 Å². The van der Waals surface area contributed by atoms with E-state index in [-0.39, 0.29) is 11.6 Å². The normalized spacial score (nSPS) is 11.4. The molecule has 0 aliphatic heterocycles. The lowest BCUT2D eigenvalue weighted by atomic mass is 10.2. The molecule has 6 nitrogen and oxygen atoms in total. The van der Waals surface area contributed by atoms with E-state index >= 15 is 0 Å². The first kappa shape index (κ1) is 18.5. The third-order valence-corrected chi connectivity index (χ3v) is 3.94. The molecule has 2 aromatic carbocycles. The zero-order valence-corrected chi connectivity index (χ0v) is 14.7. The molecule has 0 unspecified atom stereocenters. The highest BCUT2D eigenvalue weighted by molar-refractivity contribution is 5.92. The highest BCUT2D eigenvalue weighted by Gasteiger charge is 2.31. The molecule has 4 rings (SSSR count). The topological polar surface area (TPSA) is 80.2 Å². The Morgan fingerprint density at radius 1 is 0.931 bits per heavy atom. The van der Waals surface area contributed by atoms with Gasteiger partial charge in [-0.3, -0.25) is 0 Å². The molecule has 0 amide bonds. The second-order valence-corrected chi connectivity index (χ2v) is 6.02. The van der Waals surface area contributed by atoms with Crippen LogP contribution in [0.5, 0.6) is 11.6 Å². The molecule has 0 spiro atoms. The Kier molecular flexibility index (Phi) is 4.63. The van der Waals surface area contributed by atoms with Crippen molar-refractivity contribution < 1.29 is 23.0 Å². The van der Waals surface area contributed by atoms with Crippen LogP contribution in [-0.4, -0.2) is 26.4 Å². The van der Waals surface area contributed by atoms with Gasteiger partial charge in [0.15, 0.2) is 5.82 Å². The number of aromatic hydroxyl groups is 1. The summed E-state index contributed by atoms with van der Waals surface area (Å²) in [6.07, 6.45) is -3.35. The van der Waals surface area contributed by atoms with Gasteiger partial charge in [-0.15, -0.1) is 13.2 Å². The molecule has 2 aromatic heterocycles. The molecular formula is C20H13F3N4O2. The maximum Gasteiger partial charge on any atom is 0.573 e. The number of benzene rings is 2. The third kappa shape index (κ3) is 4.34. The van der Waals surface area contributed by atoms with Crippen molar-refractivity contribution in [3.8, 4) is 23.0 Å². The smallest absolute Gasteiger partial charge is 0.493 e. The van der Waals surface area contributed by atoms with Crippen LogP contribution < -0.4 is 10.1 Å². The first-order chi connectivity index (χ1) is 13.9. The van der Waals surface area contributed by atoms with E-state index in [1.54, 1.807) is 24.3 Å². The third-order valence-electron chi connectivity index (χ3n) is 3.94. The average molecular weight is 398 g/mol. The first-order valence-electron chi connectivity index (χ1n) is 8.42. The molecule has 0 saturated carbocycles. The van der Waals surface area contributed by atoms with Crippen molar-refractivity contribution in [2.45, 2.75) is 6.36 Å². The summed E-state index contributed by atoms with van der Waals surface area (Å²) in [4.78, 5) is 12.8. The van der Waals surface area contributed by atoms with Gasteiger partial charge < -0.3 is 15.2 Å². The summed E-state index contributed by atoms with van der Waals surface area (Å²) in [5, 5.41) is 13.1. The zero-order chi connectivity index (χ0) is 20.4. The Morgan fingerprint density at radius 3 is 2.52 bits per heavy atom. The minimum absolute atomic E-state index is 0.130.